The number of aromatic nitrogens is 2. The van der Waals surface area contributed by atoms with E-state index in [1.807, 2.05) is 6.92 Å². The zero-order valence-corrected chi connectivity index (χ0v) is 9.49. The van der Waals surface area contributed by atoms with Crippen LogP contribution < -0.4 is 5.73 Å². The van der Waals surface area contributed by atoms with Crippen LogP contribution in [0, 0.1) is 6.92 Å². The first-order valence-corrected chi connectivity index (χ1v) is 5.31. The maximum atomic E-state index is 5.63. The van der Waals surface area contributed by atoms with Gasteiger partial charge in [0.15, 0.2) is 0 Å². The van der Waals surface area contributed by atoms with Crippen LogP contribution in [0.3, 0.4) is 0 Å². The maximum absolute atomic E-state index is 5.63. The summed E-state index contributed by atoms with van der Waals surface area (Å²) in [6.45, 7) is 6.91. The molecule has 0 aliphatic rings. The summed E-state index contributed by atoms with van der Waals surface area (Å²) in [4.78, 5) is 0. The average molecular weight is 203 g/mol. The van der Waals surface area contributed by atoms with E-state index < -0.39 is 0 Å². The van der Waals surface area contributed by atoms with Crippen molar-refractivity contribution in [2.75, 3.05) is 0 Å². The highest BCUT2D eigenvalue weighted by atomic mass is 15.3. The highest BCUT2D eigenvalue weighted by molar-refractivity contribution is 5.82. The van der Waals surface area contributed by atoms with Crippen molar-refractivity contribution >= 4 is 10.9 Å². The zero-order chi connectivity index (χ0) is 11.0. The average Bonchev–Trinajstić information content (AvgIpc) is 2.56. The van der Waals surface area contributed by atoms with Crippen LogP contribution >= 0.6 is 0 Å². The highest BCUT2D eigenvalue weighted by Crippen LogP contribution is 2.22. The van der Waals surface area contributed by atoms with Crippen LogP contribution in [0.5, 0.6) is 0 Å². The van der Waals surface area contributed by atoms with Crippen LogP contribution in [0.1, 0.15) is 31.1 Å². The van der Waals surface area contributed by atoms with Gasteiger partial charge in [0, 0.05) is 18.0 Å². The summed E-state index contributed by atoms with van der Waals surface area (Å²) in [5, 5.41) is 5.76. The molecule has 0 aliphatic carbocycles. The first-order chi connectivity index (χ1) is 7.13. The summed E-state index contributed by atoms with van der Waals surface area (Å²) in [6, 6.07) is 6.71. The van der Waals surface area contributed by atoms with Gasteiger partial charge >= 0.3 is 0 Å². The van der Waals surface area contributed by atoms with Gasteiger partial charge in [0.1, 0.15) is 0 Å². The van der Waals surface area contributed by atoms with Crippen molar-refractivity contribution in [3.05, 3.63) is 29.5 Å². The minimum Gasteiger partial charge on any atom is -0.326 e. The first-order valence-electron chi connectivity index (χ1n) is 5.31. The van der Waals surface area contributed by atoms with Gasteiger partial charge in [-0.1, -0.05) is 6.07 Å². The Labute approximate surface area is 89.9 Å². The standard InChI is InChI=1S/C12H17N3/c1-8(2)15-12-5-4-10(7-13)6-11(12)9(3)14-15/h4-6,8H,7,13H2,1-3H3. The monoisotopic (exact) mass is 203 g/mol. The van der Waals surface area contributed by atoms with E-state index in [1.165, 1.54) is 10.9 Å². The lowest BCUT2D eigenvalue weighted by molar-refractivity contribution is 0.547. The second-order valence-electron chi connectivity index (χ2n) is 4.18. The molecule has 0 amide bonds. The molecule has 2 aromatic rings. The molecule has 3 heteroatoms. The van der Waals surface area contributed by atoms with E-state index in [2.05, 4.69) is 41.8 Å². The van der Waals surface area contributed by atoms with Crippen LogP contribution in [-0.2, 0) is 6.54 Å². The molecule has 2 N–H and O–H groups in total. The second-order valence-corrected chi connectivity index (χ2v) is 4.18. The summed E-state index contributed by atoms with van der Waals surface area (Å²) in [5.74, 6) is 0. The fraction of sp³-hybridized carbons (Fsp3) is 0.417. The summed E-state index contributed by atoms with van der Waals surface area (Å²) < 4.78 is 2.06. The van der Waals surface area contributed by atoms with Crippen molar-refractivity contribution in [3.63, 3.8) is 0 Å². The molecular formula is C12H17N3. The van der Waals surface area contributed by atoms with Gasteiger partial charge in [0.2, 0.25) is 0 Å². The van der Waals surface area contributed by atoms with Crippen molar-refractivity contribution in [1.29, 1.82) is 0 Å². The molecule has 0 fully saturated rings. The minimum atomic E-state index is 0.393. The zero-order valence-electron chi connectivity index (χ0n) is 9.49. The number of fused-ring (bicyclic) bond motifs is 1. The third kappa shape index (κ3) is 1.63. The molecule has 1 aromatic carbocycles. The fourth-order valence-corrected chi connectivity index (χ4v) is 1.86. The van der Waals surface area contributed by atoms with Gasteiger partial charge in [-0.25, -0.2) is 0 Å². The lowest BCUT2D eigenvalue weighted by Gasteiger charge is -2.06. The Hall–Kier alpha value is -1.35. The Morgan fingerprint density at radius 3 is 2.73 bits per heavy atom. The van der Waals surface area contributed by atoms with Gasteiger partial charge in [0.05, 0.1) is 11.2 Å². The van der Waals surface area contributed by atoms with Crippen LogP contribution in [-0.4, -0.2) is 9.78 Å². The molecule has 0 aliphatic heterocycles. The third-order valence-corrected chi connectivity index (χ3v) is 2.68. The van der Waals surface area contributed by atoms with Gasteiger partial charge in [-0.3, -0.25) is 4.68 Å². The van der Waals surface area contributed by atoms with Gasteiger partial charge in [-0.2, -0.15) is 5.10 Å². The maximum Gasteiger partial charge on any atom is 0.0688 e. The summed E-state index contributed by atoms with van der Waals surface area (Å²) in [7, 11) is 0. The SMILES string of the molecule is Cc1nn(C(C)C)c2ccc(CN)cc12. The van der Waals surface area contributed by atoms with Crippen LogP contribution in [0.25, 0.3) is 10.9 Å². The largest absolute Gasteiger partial charge is 0.326 e. The van der Waals surface area contributed by atoms with E-state index in [9.17, 15) is 0 Å². The van der Waals surface area contributed by atoms with Crippen molar-refractivity contribution in [2.45, 2.75) is 33.4 Å². The predicted molar refractivity (Wildman–Crippen MR) is 62.7 cm³/mol. The molecule has 3 nitrogen and oxygen atoms in total. The topological polar surface area (TPSA) is 43.8 Å². The molecule has 0 spiro atoms. The van der Waals surface area contributed by atoms with E-state index >= 15 is 0 Å². The number of aryl methyl sites for hydroxylation is 1. The predicted octanol–water partition coefficient (Wildman–Crippen LogP) is 2.38. The molecule has 15 heavy (non-hydrogen) atoms. The van der Waals surface area contributed by atoms with Crippen LogP contribution in [0.15, 0.2) is 18.2 Å². The van der Waals surface area contributed by atoms with Crippen molar-refractivity contribution in [2.24, 2.45) is 5.73 Å². The van der Waals surface area contributed by atoms with E-state index in [0.717, 1.165) is 11.3 Å². The second kappa shape index (κ2) is 3.66. The molecule has 0 saturated carbocycles. The number of hydrogen-bond donors (Lipinski definition) is 1. The van der Waals surface area contributed by atoms with Crippen molar-refractivity contribution < 1.29 is 0 Å². The Balaban J connectivity index is 2.69. The van der Waals surface area contributed by atoms with Crippen LogP contribution in [0.2, 0.25) is 0 Å². The lowest BCUT2D eigenvalue weighted by atomic mass is 10.1. The van der Waals surface area contributed by atoms with Crippen LogP contribution in [0.4, 0.5) is 0 Å². The fourth-order valence-electron chi connectivity index (χ4n) is 1.86. The van der Waals surface area contributed by atoms with Gasteiger partial charge < -0.3 is 5.73 Å². The summed E-state index contributed by atoms with van der Waals surface area (Å²) >= 11 is 0. The van der Waals surface area contributed by atoms with Crippen molar-refractivity contribution in [3.8, 4) is 0 Å². The molecule has 2 rings (SSSR count). The minimum absolute atomic E-state index is 0.393. The Morgan fingerprint density at radius 2 is 2.13 bits per heavy atom. The van der Waals surface area contributed by atoms with Gasteiger partial charge in [0.25, 0.3) is 0 Å². The molecule has 80 valence electrons. The first kappa shape index (κ1) is 10.2. The Morgan fingerprint density at radius 1 is 1.40 bits per heavy atom. The van der Waals surface area contributed by atoms with Gasteiger partial charge in [-0.15, -0.1) is 0 Å². The van der Waals surface area contributed by atoms with E-state index in [4.69, 9.17) is 5.73 Å². The molecule has 0 bridgehead atoms. The number of hydrogen-bond acceptors (Lipinski definition) is 2. The van der Waals surface area contributed by atoms with E-state index in [0.29, 0.717) is 12.6 Å². The van der Waals surface area contributed by atoms with Gasteiger partial charge in [-0.05, 0) is 38.5 Å². The Kier molecular flexibility index (Phi) is 2.49. The number of benzene rings is 1. The number of nitrogens with zero attached hydrogens (tertiary/aromatic N) is 2. The summed E-state index contributed by atoms with van der Waals surface area (Å²) in [5.41, 5.74) is 9.06. The highest BCUT2D eigenvalue weighted by Gasteiger charge is 2.09. The Bertz CT molecular complexity index is 483. The lowest BCUT2D eigenvalue weighted by Crippen LogP contribution is -2.02. The number of rotatable bonds is 2. The molecule has 0 atom stereocenters. The van der Waals surface area contributed by atoms with E-state index in [-0.39, 0.29) is 0 Å². The molecule has 1 heterocycles. The summed E-state index contributed by atoms with van der Waals surface area (Å²) in [6.07, 6.45) is 0. The molecule has 0 unspecified atom stereocenters. The molecular weight excluding hydrogens is 186 g/mol. The molecule has 1 aromatic heterocycles. The van der Waals surface area contributed by atoms with Crippen molar-refractivity contribution in [1.82, 2.24) is 9.78 Å². The van der Waals surface area contributed by atoms with E-state index in [1.54, 1.807) is 0 Å². The third-order valence-electron chi connectivity index (χ3n) is 2.68. The smallest absolute Gasteiger partial charge is 0.0688 e. The normalized spacial score (nSPS) is 11.5. The molecule has 0 saturated heterocycles. The number of nitrogens with two attached hydrogens (primary N) is 1. The quantitative estimate of drug-likeness (QED) is 0.814. The molecule has 0 radical (unpaired) electrons.